The second-order valence-corrected chi connectivity index (χ2v) is 8.43. The molecule has 2 aliphatic rings. The van der Waals surface area contributed by atoms with Gasteiger partial charge in [0, 0.05) is 23.7 Å². The molecule has 8 heteroatoms. The molecular weight excluding hydrogens is 390 g/mol. The zero-order valence-electron chi connectivity index (χ0n) is 16.3. The Hall–Kier alpha value is -2.45. The van der Waals surface area contributed by atoms with Gasteiger partial charge in [0.1, 0.15) is 11.4 Å². The number of nitrogens with zero attached hydrogens (tertiary/aromatic N) is 3. The lowest BCUT2D eigenvalue weighted by Crippen LogP contribution is -2.45. The first-order valence-electron chi connectivity index (χ1n) is 9.80. The SMILES string of the molecule is CN1CCCC1CCOc1ccc2nc(C(=O)N3CCSC(=O)C3=O)ccc2c1. The van der Waals surface area contributed by atoms with Gasteiger partial charge in [0.2, 0.25) is 0 Å². The number of rotatable bonds is 5. The van der Waals surface area contributed by atoms with Crippen LogP contribution in [0, 0.1) is 0 Å². The summed E-state index contributed by atoms with van der Waals surface area (Å²) in [5.41, 5.74) is 0.798. The smallest absolute Gasteiger partial charge is 0.308 e. The Labute approximate surface area is 173 Å². The summed E-state index contributed by atoms with van der Waals surface area (Å²) in [4.78, 5) is 43.9. The second kappa shape index (κ2) is 8.51. The van der Waals surface area contributed by atoms with E-state index < -0.39 is 16.9 Å². The van der Waals surface area contributed by atoms with Crippen molar-refractivity contribution in [1.29, 1.82) is 0 Å². The Morgan fingerprint density at radius 1 is 1.24 bits per heavy atom. The maximum Gasteiger partial charge on any atom is 0.308 e. The van der Waals surface area contributed by atoms with Crippen LogP contribution in [0.4, 0.5) is 0 Å². The van der Waals surface area contributed by atoms with Crippen molar-refractivity contribution >= 4 is 39.6 Å². The fraction of sp³-hybridized carbons (Fsp3) is 0.429. The van der Waals surface area contributed by atoms with Crippen LogP contribution in [-0.4, -0.2) is 70.3 Å². The van der Waals surface area contributed by atoms with Gasteiger partial charge >= 0.3 is 5.91 Å². The molecule has 1 atom stereocenters. The highest BCUT2D eigenvalue weighted by atomic mass is 32.2. The summed E-state index contributed by atoms with van der Waals surface area (Å²) in [7, 11) is 2.16. The van der Waals surface area contributed by atoms with Gasteiger partial charge in [0.05, 0.1) is 12.1 Å². The summed E-state index contributed by atoms with van der Waals surface area (Å²) in [6.07, 6.45) is 3.48. The maximum absolute atomic E-state index is 12.6. The van der Waals surface area contributed by atoms with Crippen LogP contribution < -0.4 is 4.74 Å². The number of ether oxygens (including phenoxy) is 1. The topological polar surface area (TPSA) is 79.8 Å². The third-order valence-corrected chi connectivity index (χ3v) is 6.31. The summed E-state index contributed by atoms with van der Waals surface area (Å²) in [5, 5.41) is 0.254. The number of carbonyl (C=O) groups is 3. The van der Waals surface area contributed by atoms with Crippen LogP contribution in [-0.2, 0) is 9.59 Å². The van der Waals surface area contributed by atoms with Crippen LogP contribution in [0.3, 0.4) is 0 Å². The Kier molecular flexibility index (Phi) is 5.82. The first-order valence-corrected chi connectivity index (χ1v) is 10.8. The molecule has 2 aromatic rings. The van der Waals surface area contributed by atoms with E-state index in [-0.39, 0.29) is 12.2 Å². The van der Waals surface area contributed by atoms with Crippen molar-refractivity contribution in [2.75, 3.05) is 32.5 Å². The lowest BCUT2D eigenvalue weighted by atomic mass is 10.1. The highest BCUT2D eigenvalue weighted by Crippen LogP contribution is 2.23. The number of imide groups is 1. The van der Waals surface area contributed by atoms with Crippen molar-refractivity contribution in [3.63, 3.8) is 0 Å². The minimum absolute atomic E-state index is 0.156. The number of carbonyl (C=O) groups excluding carboxylic acids is 3. The van der Waals surface area contributed by atoms with E-state index in [0.717, 1.165) is 40.8 Å². The summed E-state index contributed by atoms with van der Waals surface area (Å²) in [5.74, 6) is -0.120. The van der Waals surface area contributed by atoms with Gasteiger partial charge in [-0.2, -0.15) is 0 Å². The lowest BCUT2D eigenvalue weighted by Gasteiger charge is -2.22. The predicted molar refractivity (Wildman–Crippen MR) is 111 cm³/mol. The maximum atomic E-state index is 12.6. The van der Waals surface area contributed by atoms with E-state index in [1.165, 1.54) is 12.8 Å². The van der Waals surface area contributed by atoms with Crippen molar-refractivity contribution in [2.45, 2.75) is 25.3 Å². The fourth-order valence-electron chi connectivity index (χ4n) is 3.80. The molecule has 1 aromatic heterocycles. The summed E-state index contributed by atoms with van der Waals surface area (Å²) in [6, 6.07) is 9.52. The number of hydrogen-bond acceptors (Lipinski definition) is 7. The van der Waals surface area contributed by atoms with Crippen LogP contribution in [0.15, 0.2) is 30.3 Å². The molecule has 0 N–H and O–H groups in total. The molecule has 3 heterocycles. The minimum Gasteiger partial charge on any atom is -0.494 e. The van der Waals surface area contributed by atoms with Crippen molar-refractivity contribution in [1.82, 2.24) is 14.8 Å². The van der Waals surface area contributed by atoms with E-state index in [0.29, 0.717) is 23.9 Å². The molecule has 29 heavy (non-hydrogen) atoms. The summed E-state index contributed by atoms with van der Waals surface area (Å²) >= 11 is 0.942. The summed E-state index contributed by atoms with van der Waals surface area (Å²) < 4.78 is 5.91. The van der Waals surface area contributed by atoms with Gasteiger partial charge in [0.15, 0.2) is 0 Å². The van der Waals surface area contributed by atoms with Crippen molar-refractivity contribution in [3.05, 3.63) is 36.0 Å². The van der Waals surface area contributed by atoms with Gasteiger partial charge in [-0.05, 0) is 57.1 Å². The quantitative estimate of drug-likeness (QED) is 0.550. The van der Waals surface area contributed by atoms with Crippen LogP contribution >= 0.6 is 11.8 Å². The number of hydrogen-bond donors (Lipinski definition) is 0. The van der Waals surface area contributed by atoms with E-state index in [1.54, 1.807) is 12.1 Å². The zero-order valence-corrected chi connectivity index (χ0v) is 17.1. The van der Waals surface area contributed by atoms with Crippen LogP contribution in [0.25, 0.3) is 10.9 Å². The third-order valence-electron chi connectivity index (χ3n) is 5.48. The van der Waals surface area contributed by atoms with E-state index in [9.17, 15) is 14.4 Å². The molecule has 1 aromatic carbocycles. The van der Waals surface area contributed by atoms with Crippen molar-refractivity contribution in [3.8, 4) is 5.75 Å². The molecule has 1 unspecified atom stereocenters. The minimum atomic E-state index is -0.773. The lowest BCUT2D eigenvalue weighted by molar-refractivity contribution is -0.138. The van der Waals surface area contributed by atoms with Gasteiger partial charge in [-0.25, -0.2) is 4.98 Å². The van der Waals surface area contributed by atoms with Crippen LogP contribution in [0.1, 0.15) is 29.8 Å². The van der Waals surface area contributed by atoms with Crippen LogP contribution in [0.5, 0.6) is 5.75 Å². The number of benzene rings is 1. The van der Waals surface area contributed by atoms with Gasteiger partial charge in [-0.3, -0.25) is 19.3 Å². The van der Waals surface area contributed by atoms with Gasteiger partial charge in [-0.15, -0.1) is 0 Å². The highest BCUT2D eigenvalue weighted by Gasteiger charge is 2.32. The van der Waals surface area contributed by atoms with Gasteiger partial charge < -0.3 is 9.64 Å². The first kappa shape index (κ1) is 19.8. The van der Waals surface area contributed by atoms with E-state index in [4.69, 9.17) is 4.74 Å². The normalized spacial score (nSPS) is 20.4. The average Bonchev–Trinajstić information content (AvgIpc) is 3.14. The molecule has 4 rings (SSSR count). The molecule has 0 spiro atoms. The number of pyridine rings is 1. The van der Waals surface area contributed by atoms with E-state index in [2.05, 4.69) is 16.9 Å². The molecule has 2 saturated heterocycles. The Morgan fingerprint density at radius 3 is 2.90 bits per heavy atom. The molecule has 7 nitrogen and oxygen atoms in total. The number of aromatic nitrogens is 1. The monoisotopic (exact) mass is 413 g/mol. The summed E-state index contributed by atoms with van der Waals surface area (Å²) in [6.45, 7) is 2.04. The first-order chi connectivity index (χ1) is 14.0. The standard InChI is InChI=1S/C21H23N3O4S/c1-23-9-2-3-15(23)8-11-28-16-5-7-17-14(13-16)4-6-18(22-17)19(25)24-10-12-29-21(27)20(24)26/h4-7,13,15H,2-3,8-12H2,1H3. The molecule has 0 aliphatic carbocycles. The zero-order chi connectivity index (χ0) is 20.4. The van der Waals surface area contributed by atoms with E-state index >= 15 is 0 Å². The number of likely N-dealkylation sites (tertiary alicyclic amines) is 1. The molecule has 0 bridgehead atoms. The van der Waals surface area contributed by atoms with E-state index in [1.807, 2.05) is 18.2 Å². The van der Waals surface area contributed by atoms with Gasteiger partial charge in [0.25, 0.3) is 11.0 Å². The second-order valence-electron chi connectivity index (χ2n) is 7.36. The Bertz CT molecular complexity index is 964. The molecule has 2 fully saturated rings. The molecular formula is C21H23N3O4S. The average molecular weight is 413 g/mol. The Morgan fingerprint density at radius 2 is 2.10 bits per heavy atom. The fourth-order valence-corrected chi connectivity index (χ4v) is 4.50. The third kappa shape index (κ3) is 4.28. The molecule has 2 amide bonds. The Balaban J connectivity index is 1.43. The molecule has 152 valence electrons. The van der Waals surface area contributed by atoms with Gasteiger partial charge in [-0.1, -0.05) is 17.8 Å². The largest absolute Gasteiger partial charge is 0.494 e. The molecule has 0 radical (unpaired) electrons. The van der Waals surface area contributed by atoms with Crippen LogP contribution in [0.2, 0.25) is 0 Å². The number of amides is 2. The highest BCUT2D eigenvalue weighted by molar-refractivity contribution is 8.15. The van der Waals surface area contributed by atoms with Crippen molar-refractivity contribution in [2.24, 2.45) is 0 Å². The number of thioether (sulfide) groups is 1. The predicted octanol–water partition coefficient (Wildman–Crippen LogP) is 2.34. The molecule has 0 saturated carbocycles. The van der Waals surface area contributed by atoms with Crippen molar-refractivity contribution < 1.29 is 19.1 Å². The number of fused-ring (bicyclic) bond motifs is 1. The molecule has 2 aliphatic heterocycles.